The van der Waals surface area contributed by atoms with Crippen LogP contribution in [0.5, 0.6) is 0 Å². The minimum Gasteiger partial charge on any atom is -0.435 e. The summed E-state index contributed by atoms with van der Waals surface area (Å²) in [6, 6.07) is 8.01. The average Bonchev–Trinajstić information content (AvgIpc) is 2.72. The van der Waals surface area contributed by atoms with Crippen molar-refractivity contribution in [3.05, 3.63) is 42.3 Å². The molecule has 0 saturated heterocycles. The van der Waals surface area contributed by atoms with Crippen LogP contribution in [-0.2, 0) is 0 Å². The summed E-state index contributed by atoms with van der Waals surface area (Å²) < 4.78 is 18.2. The Morgan fingerprint density at radius 3 is 2.82 bits per heavy atom. The standard InChI is InChI=1S/C12H8FN3O/c13-7-1-3-9(15-6-7)12-16-10-5-8(14)2-4-11(10)17-12/h1-6H,14H2. The zero-order valence-corrected chi connectivity index (χ0v) is 8.72. The molecule has 0 radical (unpaired) electrons. The van der Waals surface area contributed by atoms with Crippen molar-refractivity contribution in [2.24, 2.45) is 0 Å². The number of nitrogens with zero attached hydrogens (tertiary/aromatic N) is 2. The van der Waals surface area contributed by atoms with Gasteiger partial charge in [-0.1, -0.05) is 0 Å². The molecule has 2 N–H and O–H groups in total. The molecule has 84 valence electrons. The minimum absolute atomic E-state index is 0.352. The van der Waals surface area contributed by atoms with Crippen molar-refractivity contribution in [2.75, 3.05) is 5.73 Å². The van der Waals surface area contributed by atoms with Gasteiger partial charge in [0.25, 0.3) is 0 Å². The normalized spacial score (nSPS) is 10.9. The van der Waals surface area contributed by atoms with Crippen LogP contribution < -0.4 is 5.73 Å². The summed E-state index contributed by atoms with van der Waals surface area (Å²) in [5.41, 5.74) is 8.03. The Balaban J connectivity index is 2.14. The Morgan fingerprint density at radius 2 is 2.06 bits per heavy atom. The molecule has 2 heterocycles. The molecule has 0 atom stereocenters. The van der Waals surface area contributed by atoms with Crippen molar-refractivity contribution in [2.45, 2.75) is 0 Å². The lowest BCUT2D eigenvalue weighted by atomic mass is 10.3. The van der Waals surface area contributed by atoms with E-state index in [4.69, 9.17) is 10.2 Å². The lowest BCUT2D eigenvalue weighted by Crippen LogP contribution is -1.84. The van der Waals surface area contributed by atoms with Gasteiger partial charge in [0.15, 0.2) is 5.58 Å². The Bertz CT molecular complexity index is 676. The van der Waals surface area contributed by atoms with Gasteiger partial charge < -0.3 is 10.2 Å². The number of aromatic nitrogens is 2. The number of nitrogen functional groups attached to an aromatic ring is 1. The number of pyridine rings is 1. The van der Waals surface area contributed by atoms with Crippen LogP contribution in [0.15, 0.2) is 40.9 Å². The maximum Gasteiger partial charge on any atom is 0.246 e. The first kappa shape index (κ1) is 9.77. The number of hydrogen-bond donors (Lipinski definition) is 1. The van der Waals surface area contributed by atoms with Crippen LogP contribution in [-0.4, -0.2) is 9.97 Å². The summed E-state index contributed by atoms with van der Waals surface area (Å²) in [5.74, 6) is -0.0419. The summed E-state index contributed by atoms with van der Waals surface area (Å²) >= 11 is 0. The van der Waals surface area contributed by atoms with Gasteiger partial charge in [-0.3, -0.25) is 0 Å². The lowest BCUT2D eigenvalue weighted by Gasteiger charge is -1.92. The molecule has 1 aromatic carbocycles. The number of benzene rings is 1. The van der Waals surface area contributed by atoms with Crippen LogP contribution in [0.25, 0.3) is 22.7 Å². The van der Waals surface area contributed by atoms with Gasteiger partial charge in [0.05, 0.1) is 6.20 Å². The quantitative estimate of drug-likeness (QED) is 0.651. The molecule has 3 aromatic rings. The van der Waals surface area contributed by atoms with E-state index in [1.165, 1.54) is 12.1 Å². The van der Waals surface area contributed by atoms with Crippen LogP contribution in [0.1, 0.15) is 0 Å². The third-order valence-corrected chi connectivity index (χ3v) is 2.36. The van der Waals surface area contributed by atoms with Gasteiger partial charge in [0, 0.05) is 5.69 Å². The third kappa shape index (κ3) is 1.71. The second kappa shape index (κ2) is 3.55. The molecule has 0 amide bonds. The Labute approximate surface area is 95.9 Å². The van der Waals surface area contributed by atoms with Crippen LogP contribution in [0.2, 0.25) is 0 Å². The number of nitrogens with two attached hydrogens (primary N) is 1. The fraction of sp³-hybridized carbons (Fsp3) is 0. The van der Waals surface area contributed by atoms with E-state index in [1.54, 1.807) is 18.2 Å². The van der Waals surface area contributed by atoms with Crippen molar-refractivity contribution >= 4 is 16.8 Å². The molecule has 4 nitrogen and oxygen atoms in total. The smallest absolute Gasteiger partial charge is 0.246 e. The fourth-order valence-corrected chi connectivity index (χ4v) is 1.56. The molecule has 0 bridgehead atoms. The number of oxazole rings is 1. The van der Waals surface area contributed by atoms with E-state index in [9.17, 15) is 4.39 Å². The maximum atomic E-state index is 12.7. The molecule has 0 saturated carbocycles. The van der Waals surface area contributed by atoms with E-state index in [0.29, 0.717) is 28.4 Å². The topological polar surface area (TPSA) is 64.9 Å². The minimum atomic E-state index is -0.394. The van der Waals surface area contributed by atoms with Crippen molar-refractivity contribution in [3.8, 4) is 11.6 Å². The van der Waals surface area contributed by atoms with Gasteiger partial charge in [-0.15, -0.1) is 0 Å². The molecule has 0 aliphatic heterocycles. The van der Waals surface area contributed by atoms with Crippen molar-refractivity contribution in [3.63, 3.8) is 0 Å². The molecule has 2 aromatic heterocycles. The van der Waals surface area contributed by atoms with Crippen molar-refractivity contribution < 1.29 is 8.81 Å². The van der Waals surface area contributed by atoms with Crippen LogP contribution in [0.4, 0.5) is 10.1 Å². The van der Waals surface area contributed by atoms with E-state index in [2.05, 4.69) is 9.97 Å². The van der Waals surface area contributed by atoms with E-state index in [-0.39, 0.29) is 0 Å². The second-order valence-electron chi connectivity index (χ2n) is 3.61. The molecular formula is C12H8FN3O. The number of halogens is 1. The first-order valence-corrected chi connectivity index (χ1v) is 5.00. The van der Waals surface area contributed by atoms with Crippen LogP contribution >= 0.6 is 0 Å². The molecule has 0 fully saturated rings. The number of fused-ring (bicyclic) bond motifs is 1. The van der Waals surface area contributed by atoms with Gasteiger partial charge in [-0.25, -0.2) is 14.4 Å². The number of hydrogen-bond acceptors (Lipinski definition) is 4. The van der Waals surface area contributed by atoms with E-state index in [0.717, 1.165) is 6.20 Å². The fourth-order valence-electron chi connectivity index (χ4n) is 1.56. The van der Waals surface area contributed by atoms with Crippen LogP contribution in [0.3, 0.4) is 0 Å². The van der Waals surface area contributed by atoms with Gasteiger partial charge in [-0.05, 0) is 30.3 Å². The Kier molecular flexibility index (Phi) is 2.04. The van der Waals surface area contributed by atoms with E-state index >= 15 is 0 Å². The lowest BCUT2D eigenvalue weighted by molar-refractivity contribution is 0.608. The summed E-state index contributed by atoms with van der Waals surface area (Å²) in [6.07, 6.45) is 1.12. The highest BCUT2D eigenvalue weighted by atomic mass is 19.1. The summed E-state index contributed by atoms with van der Waals surface area (Å²) in [7, 11) is 0. The first-order valence-electron chi connectivity index (χ1n) is 5.00. The third-order valence-electron chi connectivity index (χ3n) is 2.36. The summed E-state index contributed by atoms with van der Waals surface area (Å²) in [4.78, 5) is 8.15. The molecule has 5 heteroatoms. The summed E-state index contributed by atoms with van der Waals surface area (Å²) in [5, 5.41) is 0. The molecule has 17 heavy (non-hydrogen) atoms. The SMILES string of the molecule is Nc1ccc2oc(-c3ccc(F)cn3)nc2c1. The van der Waals surface area contributed by atoms with Crippen molar-refractivity contribution in [1.29, 1.82) is 0 Å². The van der Waals surface area contributed by atoms with Gasteiger partial charge in [0.1, 0.15) is 17.0 Å². The monoisotopic (exact) mass is 229 g/mol. The molecule has 3 rings (SSSR count). The first-order chi connectivity index (χ1) is 8.22. The largest absolute Gasteiger partial charge is 0.435 e. The molecule has 0 unspecified atom stereocenters. The average molecular weight is 229 g/mol. The zero-order chi connectivity index (χ0) is 11.8. The van der Waals surface area contributed by atoms with Crippen LogP contribution in [0, 0.1) is 5.82 Å². The second-order valence-corrected chi connectivity index (χ2v) is 3.61. The maximum absolute atomic E-state index is 12.7. The molecule has 0 aliphatic carbocycles. The van der Waals surface area contributed by atoms with Gasteiger partial charge in [0.2, 0.25) is 5.89 Å². The summed E-state index contributed by atoms with van der Waals surface area (Å²) in [6.45, 7) is 0. The highest BCUT2D eigenvalue weighted by Gasteiger charge is 2.09. The van der Waals surface area contributed by atoms with E-state index < -0.39 is 5.82 Å². The highest BCUT2D eigenvalue weighted by Crippen LogP contribution is 2.24. The zero-order valence-electron chi connectivity index (χ0n) is 8.72. The molecule has 0 aliphatic rings. The highest BCUT2D eigenvalue weighted by molar-refractivity contribution is 5.78. The van der Waals surface area contributed by atoms with E-state index in [1.807, 2.05) is 0 Å². The predicted molar refractivity (Wildman–Crippen MR) is 61.6 cm³/mol. The van der Waals surface area contributed by atoms with Gasteiger partial charge in [-0.2, -0.15) is 0 Å². The van der Waals surface area contributed by atoms with Crippen molar-refractivity contribution in [1.82, 2.24) is 9.97 Å². The number of anilines is 1. The predicted octanol–water partition coefficient (Wildman–Crippen LogP) is 2.61. The molecular weight excluding hydrogens is 221 g/mol. The number of rotatable bonds is 1. The Hall–Kier alpha value is -2.43. The molecule has 0 spiro atoms. The van der Waals surface area contributed by atoms with Gasteiger partial charge >= 0.3 is 0 Å². The Morgan fingerprint density at radius 1 is 1.18 bits per heavy atom.